The normalized spacial score (nSPS) is 23.5. The summed E-state index contributed by atoms with van der Waals surface area (Å²) in [4.78, 5) is 51.7. The molecular formula is C27H36ClN2O9P. The molecule has 0 spiro atoms. The Morgan fingerprint density at radius 2 is 1.93 bits per heavy atom. The van der Waals surface area contributed by atoms with Gasteiger partial charge in [0.15, 0.2) is 13.0 Å². The van der Waals surface area contributed by atoms with Crippen LogP contribution in [0.2, 0.25) is 5.02 Å². The number of amides is 1. The summed E-state index contributed by atoms with van der Waals surface area (Å²) in [6.45, 7) is 4.81. The van der Waals surface area contributed by atoms with Crippen molar-refractivity contribution in [2.75, 3.05) is 26.0 Å². The first-order valence-corrected chi connectivity index (χ1v) is 15.3. The van der Waals surface area contributed by atoms with Gasteiger partial charge in [-0.2, -0.15) is 0 Å². The molecule has 2 heterocycles. The fourth-order valence-corrected chi connectivity index (χ4v) is 4.85. The summed E-state index contributed by atoms with van der Waals surface area (Å²) in [7, 11) is -4.63. The Morgan fingerprint density at radius 1 is 1.20 bits per heavy atom. The number of piperidine rings is 1. The van der Waals surface area contributed by atoms with Gasteiger partial charge in [-0.05, 0) is 50.2 Å². The Morgan fingerprint density at radius 3 is 2.62 bits per heavy atom. The number of phenolic OH excluding ortho intramolecular Hbond substituents is 1. The lowest BCUT2D eigenvalue weighted by Gasteiger charge is -2.26. The molecule has 0 aromatic heterocycles. The molecule has 40 heavy (non-hydrogen) atoms. The third-order valence-corrected chi connectivity index (χ3v) is 7.28. The smallest absolute Gasteiger partial charge is 0.362 e. The number of carbonyl (C=O) groups excluding carboxylic acids is 2. The summed E-state index contributed by atoms with van der Waals surface area (Å²) in [6.07, 6.45) is 9.80. The van der Waals surface area contributed by atoms with Gasteiger partial charge in [0, 0.05) is 32.0 Å². The Labute approximate surface area is 238 Å². The summed E-state index contributed by atoms with van der Waals surface area (Å²) in [5, 5.41) is 14.5. The standard InChI is InChI=1S/C27H36ClN2O9P/c1-18-8-6-10-19(2)39-27(33)25-21(26(28)22(31)15-23(25)37-17-40(34,35)36)14-20(11-7-9-18)29-38-16-24(32)30-12-4-3-5-13-30/h6-8,11,15,18-19,31H,3-5,9-10,12-14,16-17H2,1-2H3,(H2,34,35,36)/b8-6+,11-7+,29-20-/t18-,19+/m0/s1. The minimum atomic E-state index is -4.63. The number of esters is 1. The Hall–Kier alpha value is -2.85. The number of carbonyl (C=O) groups is 2. The van der Waals surface area contributed by atoms with Gasteiger partial charge in [-0.25, -0.2) is 4.79 Å². The average Bonchev–Trinajstić information content (AvgIpc) is 2.89. The van der Waals surface area contributed by atoms with E-state index in [2.05, 4.69) is 5.16 Å². The van der Waals surface area contributed by atoms with Crippen LogP contribution in [0.15, 0.2) is 35.5 Å². The van der Waals surface area contributed by atoms with E-state index in [1.165, 1.54) is 0 Å². The zero-order valence-electron chi connectivity index (χ0n) is 22.6. The van der Waals surface area contributed by atoms with Gasteiger partial charge in [0.25, 0.3) is 5.91 Å². The first-order valence-electron chi connectivity index (χ1n) is 13.2. The van der Waals surface area contributed by atoms with Crippen LogP contribution in [0, 0.1) is 5.92 Å². The number of nitrogens with zero attached hydrogens (tertiary/aromatic N) is 2. The lowest BCUT2D eigenvalue weighted by atomic mass is 9.98. The van der Waals surface area contributed by atoms with E-state index in [0.29, 0.717) is 25.9 Å². The Bertz CT molecular complexity index is 1200. The highest BCUT2D eigenvalue weighted by molar-refractivity contribution is 7.51. The fourth-order valence-electron chi connectivity index (χ4n) is 4.33. The number of rotatable bonds is 6. The van der Waals surface area contributed by atoms with Gasteiger partial charge in [0.2, 0.25) is 0 Å². The maximum atomic E-state index is 13.3. The van der Waals surface area contributed by atoms with Crippen molar-refractivity contribution in [2.24, 2.45) is 11.1 Å². The lowest BCUT2D eigenvalue weighted by molar-refractivity contribution is -0.137. The number of hydrogen-bond acceptors (Lipinski definition) is 8. The maximum Gasteiger partial charge on any atom is 0.362 e. The number of allylic oxidation sites excluding steroid dienone is 3. The largest absolute Gasteiger partial charge is 0.506 e. The molecule has 3 N–H and O–H groups in total. The molecule has 0 unspecified atom stereocenters. The van der Waals surface area contributed by atoms with E-state index in [0.717, 1.165) is 25.3 Å². The number of benzene rings is 1. The van der Waals surface area contributed by atoms with Crippen molar-refractivity contribution in [3.63, 3.8) is 0 Å². The summed E-state index contributed by atoms with van der Waals surface area (Å²) >= 11 is 6.44. The van der Waals surface area contributed by atoms with Gasteiger partial charge in [-0.1, -0.05) is 41.9 Å². The van der Waals surface area contributed by atoms with E-state index < -0.39 is 31.8 Å². The molecule has 0 saturated carbocycles. The predicted octanol–water partition coefficient (Wildman–Crippen LogP) is 4.57. The number of hydrogen-bond donors (Lipinski definition) is 3. The van der Waals surface area contributed by atoms with Crippen molar-refractivity contribution < 1.29 is 43.4 Å². The number of cyclic esters (lactones) is 1. The molecular weight excluding hydrogens is 563 g/mol. The Kier molecular flexibility index (Phi) is 11.6. The second kappa shape index (κ2) is 14.7. The number of likely N-dealkylation sites (tertiary alicyclic amines) is 1. The third kappa shape index (κ3) is 9.66. The van der Waals surface area contributed by atoms with E-state index in [4.69, 9.17) is 25.9 Å². The second-order valence-electron chi connectivity index (χ2n) is 9.97. The lowest BCUT2D eigenvalue weighted by Crippen LogP contribution is -2.37. The van der Waals surface area contributed by atoms with Crippen LogP contribution < -0.4 is 4.74 Å². The van der Waals surface area contributed by atoms with Crippen LogP contribution in [0.3, 0.4) is 0 Å². The van der Waals surface area contributed by atoms with Crippen LogP contribution in [-0.4, -0.2) is 69.5 Å². The number of oxime groups is 1. The number of aromatic hydroxyl groups is 1. The van der Waals surface area contributed by atoms with Crippen molar-refractivity contribution in [3.05, 3.63) is 46.5 Å². The third-order valence-electron chi connectivity index (χ3n) is 6.39. The number of ether oxygens (including phenoxy) is 2. The highest BCUT2D eigenvalue weighted by Crippen LogP contribution is 2.41. The summed E-state index contributed by atoms with van der Waals surface area (Å²) in [6, 6.07) is 1.01. The SMILES string of the molecule is C[C@@H]1C/C=C/[C@H](C)C/C=C/C(=N/OCC(=O)N2CCCCC2)Cc2c(Cl)c(O)cc(OCP(=O)(O)O)c2C(=O)O1. The molecule has 1 aromatic carbocycles. The molecule has 2 aliphatic heterocycles. The summed E-state index contributed by atoms with van der Waals surface area (Å²) in [5.74, 6) is -1.64. The van der Waals surface area contributed by atoms with Gasteiger partial charge < -0.3 is 34.1 Å². The topological polar surface area (TPSA) is 155 Å². The van der Waals surface area contributed by atoms with Gasteiger partial charge >= 0.3 is 13.6 Å². The molecule has 0 radical (unpaired) electrons. The molecule has 0 aliphatic carbocycles. The van der Waals surface area contributed by atoms with E-state index in [9.17, 15) is 29.0 Å². The molecule has 1 aromatic rings. The minimum absolute atomic E-state index is 0.0644. The summed E-state index contributed by atoms with van der Waals surface area (Å²) in [5.41, 5.74) is 0.146. The van der Waals surface area contributed by atoms with E-state index in [1.807, 2.05) is 25.2 Å². The van der Waals surface area contributed by atoms with E-state index in [1.54, 1.807) is 17.9 Å². The van der Waals surface area contributed by atoms with Crippen LogP contribution >= 0.6 is 19.2 Å². The molecule has 1 saturated heterocycles. The van der Waals surface area contributed by atoms with Crippen molar-refractivity contribution in [1.29, 1.82) is 0 Å². The molecule has 2 atom stereocenters. The van der Waals surface area contributed by atoms with Crippen LogP contribution in [0.5, 0.6) is 11.5 Å². The minimum Gasteiger partial charge on any atom is -0.506 e. The summed E-state index contributed by atoms with van der Waals surface area (Å²) < 4.78 is 22.4. The molecule has 13 heteroatoms. The van der Waals surface area contributed by atoms with Gasteiger partial charge in [-0.3, -0.25) is 9.36 Å². The van der Waals surface area contributed by atoms with Crippen LogP contribution in [0.4, 0.5) is 0 Å². The molecule has 1 fully saturated rings. The molecule has 2 aliphatic rings. The molecule has 0 bridgehead atoms. The van der Waals surface area contributed by atoms with Gasteiger partial charge in [0.05, 0.1) is 10.7 Å². The highest BCUT2D eigenvalue weighted by atomic mass is 35.5. The number of phenols is 1. The van der Waals surface area contributed by atoms with Crippen molar-refractivity contribution >= 4 is 36.8 Å². The average molecular weight is 599 g/mol. The monoisotopic (exact) mass is 598 g/mol. The van der Waals surface area contributed by atoms with E-state index >= 15 is 0 Å². The predicted molar refractivity (Wildman–Crippen MR) is 150 cm³/mol. The van der Waals surface area contributed by atoms with Gasteiger partial charge in [0.1, 0.15) is 23.2 Å². The number of fused-ring (bicyclic) bond motifs is 1. The maximum absolute atomic E-state index is 13.3. The second-order valence-corrected chi connectivity index (χ2v) is 11.9. The molecule has 220 valence electrons. The van der Waals surface area contributed by atoms with E-state index in [-0.39, 0.29) is 52.5 Å². The van der Waals surface area contributed by atoms with Crippen LogP contribution in [-0.2, 0) is 25.4 Å². The van der Waals surface area contributed by atoms with Crippen molar-refractivity contribution in [1.82, 2.24) is 4.90 Å². The molecule has 11 nitrogen and oxygen atoms in total. The van der Waals surface area contributed by atoms with Crippen molar-refractivity contribution in [3.8, 4) is 11.5 Å². The quantitative estimate of drug-likeness (QED) is 0.185. The first kappa shape index (κ1) is 31.7. The number of halogens is 1. The zero-order valence-corrected chi connectivity index (χ0v) is 24.3. The van der Waals surface area contributed by atoms with Crippen LogP contribution in [0.25, 0.3) is 0 Å². The van der Waals surface area contributed by atoms with Crippen LogP contribution in [0.1, 0.15) is 61.9 Å². The first-order chi connectivity index (χ1) is 18.9. The molecule has 3 rings (SSSR count). The Balaban J connectivity index is 2.00. The highest BCUT2D eigenvalue weighted by Gasteiger charge is 2.28. The van der Waals surface area contributed by atoms with Crippen molar-refractivity contribution in [2.45, 2.75) is 58.5 Å². The van der Waals surface area contributed by atoms with Gasteiger partial charge in [-0.15, -0.1) is 0 Å². The zero-order chi connectivity index (χ0) is 29.3. The fraction of sp³-hybridized carbons (Fsp3) is 0.519. The molecule has 1 amide bonds.